The highest BCUT2D eigenvalue weighted by Gasteiger charge is 2.56. The van der Waals surface area contributed by atoms with E-state index in [9.17, 15) is 14.4 Å². The second-order valence-corrected chi connectivity index (χ2v) is 9.28. The second-order valence-electron chi connectivity index (χ2n) is 9.28. The first-order chi connectivity index (χ1) is 16.7. The van der Waals surface area contributed by atoms with E-state index in [4.69, 9.17) is 5.73 Å². The van der Waals surface area contributed by atoms with Gasteiger partial charge in [-0.25, -0.2) is 0 Å². The third kappa shape index (κ3) is 3.93. The molecule has 3 amide bonds. The summed E-state index contributed by atoms with van der Waals surface area (Å²) >= 11 is 0. The predicted octanol–water partition coefficient (Wildman–Crippen LogP) is 2.05. The number of nitrogens with one attached hydrogen (secondary N) is 2. The van der Waals surface area contributed by atoms with Gasteiger partial charge in [0.2, 0.25) is 11.8 Å². The number of fused-ring (bicyclic) bond motifs is 2. The van der Waals surface area contributed by atoms with Gasteiger partial charge in [0.25, 0.3) is 5.91 Å². The van der Waals surface area contributed by atoms with Gasteiger partial charge in [-0.2, -0.15) is 0 Å². The van der Waals surface area contributed by atoms with Gasteiger partial charge in [0.05, 0.1) is 11.7 Å². The van der Waals surface area contributed by atoms with Gasteiger partial charge in [-0.1, -0.05) is 62.4 Å². The monoisotopic (exact) mass is 473 g/mol. The van der Waals surface area contributed by atoms with Gasteiger partial charge in [-0.05, 0) is 42.5 Å². The highest BCUT2D eigenvalue weighted by Crippen LogP contribution is 2.46. The molecule has 0 fully saturated rings. The Morgan fingerprint density at radius 3 is 2.40 bits per heavy atom. The Labute approximate surface area is 204 Å². The van der Waals surface area contributed by atoms with Crippen molar-refractivity contribution in [1.29, 1.82) is 0 Å². The average molecular weight is 474 g/mol. The molecule has 8 nitrogen and oxygen atoms in total. The topological polar surface area (TPSA) is 117 Å². The largest absolute Gasteiger partial charge is 0.367 e. The second kappa shape index (κ2) is 9.46. The zero-order valence-corrected chi connectivity index (χ0v) is 20.4. The maximum atomic E-state index is 14.2. The van der Waals surface area contributed by atoms with Crippen LogP contribution in [0.15, 0.2) is 60.8 Å². The maximum absolute atomic E-state index is 14.2. The molecule has 0 aliphatic carbocycles. The number of nitrogens with zero attached hydrogens (tertiary/aromatic N) is 2. The first kappa shape index (κ1) is 24.3. The zero-order chi connectivity index (χ0) is 25.3. The molecule has 182 valence electrons. The van der Waals surface area contributed by atoms with E-state index < -0.39 is 23.5 Å². The number of rotatable bonds is 7. The van der Waals surface area contributed by atoms with Crippen LogP contribution in [0.4, 0.5) is 0 Å². The van der Waals surface area contributed by atoms with E-state index in [0.29, 0.717) is 11.3 Å². The van der Waals surface area contributed by atoms with E-state index in [2.05, 4.69) is 15.6 Å². The highest BCUT2D eigenvalue weighted by atomic mass is 16.2. The van der Waals surface area contributed by atoms with Crippen LogP contribution < -0.4 is 16.4 Å². The average Bonchev–Trinajstić information content (AvgIpc) is 3.21. The van der Waals surface area contributed by atoms with Crippen LogP contribution in [0.1, 0.15) is 37.6 Å². The number of carbonyl (C=O) groups is 3. The van der Waals surface area contributed by atoms with Crippen molar-refractivity contribution in [2.75, 3.05) is 7.05 Å². The van der Waals surface area contributed by atoms with Crippen molar-refractivity contribution < 1.29 is 14.4 Å². The zero-order valence-electron chi connectivity index (χ0n) is 20.4. The third-order valence-corrected chi connectivity index (χ3v) is 6.84. The molecular weight excluding hydrogens is 442 g/mol. The summed E-state index contributed by atoms with van der Waals surface area (Å²) in [6, 6.07) is 15.5. The van der Waals surface area contributed by atoms with E-state index in [-0.39, 0.29) is 24.3 Å². The van der Waals surface area contributed by atoms with Crippen LogP contribution in [-0.2, 0) is 26.5 Å². The molecule has 3 aromatic rings. The predicted molar refractivity (Wildman–Crippen MR) is 134 cm³/mol. The van der Waals surface area contributed by atoms with E-state index in [1.807, 2.05) is 68.4 Å². The summed E-state index contributed by atoms with van der Waals surface area (Å²) in [5.74, 6) is -1.62. The Morgan fingerprint density at radius 2 is 1.71 bits per heavy atom. The number of primary amides is 1. The number of carbonyl (C=O) groups excluding carboxylic acids is 3. The molecule has 0 bridgehead atoms. The molecule has 35 heavy (non-hydrogen) atoms. The van der Waals surface area contributed by atoms with E-state index in [1.165, 1.54) is 4.90 Å². The van der Waals surface area contributed by atoms with Crippen molar-refractivity contribution >= 4 is 28.5 Å². The molecule has 2 aromatic carbocycles. The normalized spacial score (nSPS) is 18.8. The molecule has 2 heterocycles. The lowest BCUT2D eigenvalue weighted by Crippen LogP contribution is -2.61. The molecule has 3 atom stereocenters. The Hall–Kier alpha value is -3.78. The van der Waals surface area contributed by atoms with Crippen LogP contribution in [0.2, 0.25) is 0 Å². The van der Waals surface area contributed by atoms with Crippen LogP contribution in [-0.4, -0.2) is 46.7 Å². The van der Waals surface area contributed by atoms with Crippen molar-refractivity contribution in [2.45, 2.75) is 44.9 Å². The molecule has 4 N–H and O–H groups in total. The van der Waals surface area contributed by atoms with E-state index >= 15 is 0 Å². The Kier molecular flexibility index (Phi) is 6.58. The quantitative estimate of drug-likeness (QED) is 0.486. The van der Waals surface area contributed by atoms with Gasteiger partial charge in [0.15, 0.2) is 5.54 Å². The fourth-order valence-electron chi connectivity index (χ4n) is 4.83. The SMILES string of the molecule is CN[C@@H](C)C(=O)N[C@H](C(=O)N1Cc2ccccc2C1(C(N)=O)c1nccc2ccccc12)C(C)C. The van der Waals surface area contributed by atoms with Crippen molar-refractivity contribution in [1.82, 2.24) is 20.5 Å². The molecular formula is C27H31N5O3. The first-order valence-corrected chi connectivity index (χ1v) is 11.7. The minimum atomic E-state index is -1.62. The van der Waals surface area contributed by atoms with Gasteiger partial charge in [0.1, 0.15) is 6.04 Å². The van der Waals surface area contributed by atoms with E-state index in [0.717, 1.165) is 16.3 Å². The number of benzene rings is 2. The van der Waals surface area contributed by atoms with Gasteiger partial charge in [-0.15, -0.1) is 0 Å². The Bertz CT molecular complexity index is 1290. The smallest absolute Gasteiger partial charge is 0.254 e. The molecule has 8 heteroatoms. The lowest BCUT2D eigenvalue weighted by molar-refractivity contribution is -0.147. The summed E-state index contributed by atoms with van der Waals surface area (Å²) in [6.07, 6.45) is 1.63. The van der Waals surface area contributed by atoms with Crippen molar-refractivity contribution in [3.8, 4) is 0 Å². The molecule has 1 aliphatic heterocycles. The number of pyridine rings is 1. The first-order valence-electron chi connectivity index (χ1n) is 11.7. The van der Waals surface area contributed by atoms with Crippen molar-refractivity contribution in [3.63, 3.8) is 0 Å². The fraction of sp³-hybridized carbons (Fsp3) is 0.333. The fourth-order valence-corrected chi connectivity index (χ4v) is 4.83. The Morgan fingerprint density at radius 1 is 1.03 bits per heavy atom. The number of nitrogens with two attached hydrogens (primary N) is 1. The maximum Gasteiger partial charge on any atom is 0.254 e. The molecule has 0 radical (unpaired) electrons. The molecule has 0 spiro atoms. The molecule has 1 unspecified atom stereocenters. The molecule has 1 aliphatic rings. The number of aromatic nitrogens is 1. The lowest BCUT2D eigenvalue weighted by Gasteiger charge is -2.39. The van der Waals surface area contributed by atoms with Crippen LogP contribution in [0.5, 0.6) is 0 Å². The number of likely N-dealkylation sites (N-methyl/N-ethyl adjacent to an activating group) is 1. The highest BCUT2D eigenvalue weighted by molar-refractivity contribution is 6.02. The molecule has 4 rings (SSSR count). The number of hydrogen-bond donors (Lipinski definition) is 3. The van der Waals surface area contributed by atoms with Crippen LogP contribution in [0, 0.1) is 5.92 Å². The summed E-state index contributed by atoms with van der Waals surface area (Å²) in [6.45, 7) is 5.61. The Balaban J connectivity index is 1.93. The summed E-state index contributed by atoms with van der Waals surface area (Å²) < 4.78 is 0. The van der Waals surface area contributed by atoms with Gasteiger partial charge in [0, 0.05) is 18.1 Å². The minimum Gasteiger partial charge on any atom is -0.367 e. The lowest BCUT2D eigenvalue weighted by atomic mass is 9.82. The molecule has 0 saturated carbocycles. The standard InChI is InChI=1S/C27H31N5O3/c1-16(2)22(31-24(33)17(3)29-4)25(34)32-15-19-10-6-8-12-21(19)27(32,26(28)35)23-20-11-7-5-9-18(20)13-14-30-23/h5-14,16-17,22,29H,15H2,1-4H3,(H2,28,35)(H,31,33)/t17-,22-,27?/m0/s1. The van der Waals surface area contributed by atoms with Gasteiger partial charge < -0.3 is 21.3 Å². The number of amides is 3. The molecule has 0 saturated heterocycles. The van der Waals surface area contributed by atoms with Gasteiger partial charge >= 0.3 is 0 Å². The summed E-state index contributed by atoms with van der Waals surface area (Å²) in [7, 11) is 1.68. The summed E-state index contributed by atoms with van der Waals surface area (Å²) in [4.78, 5) is 46.5. The molecule has 1 aromatic heterocycles. The summed E-state index contributed by atoms with van der Waals surface area (Å²) in [5, 5.41) is 7.38. The van der Waals surface area contributed by atoms with Crippen molar-refractivity contribution in [2.24, 2.45) is 11.7 Å². The van der Waals surface area contributed by atoms with Gasteiger partial charge in [-0.3, -0.25) is 19.4 Å². The van der Waals surface area contributed by atoms with Crippen LogP contribution in [0.3, 0.4) is 0 Å². The van der Waals surface area contributed by atoms with Crippen LogP contribution in [0.25, 0.3) is 10.8 Å². The van der Waals surface area contributed by atoms with Crippen molar-refractivity contribution in [3.05, 3.63) is 77.6 Å². The summed E-state index contributed by atoms with van der Waals surface area (Å²) in [5.41, 5.74) is 6.39. The third-order valence-electron chi connectivity index (χ3n) is 6.84. The van der Waals surface area contributed by atoms with E-state index in [1.54, 1.807) is 20.2 Å². The number of hydrogen-bond acceptors (Lipinski definition) is 5. The minimum absolute atomic E-state index is 0.170. The van der Waals surface area contributed by atoms with Crippen LogP contribution >= 0.6 is 0 Å².